The second-order valence-electron chi connectivity index (χ2n) is 8.63. The molecule has 0 radical (unpaired) electrons. The smallest absolute Gasteiger partial charge is 0.264 e. The maximum absolute atomic E-state index is 13.9. The molecule has 0 heterocycles. The number of fused-ring (bicyclic) bond motifs is 1. The zero-order chi connectivity index (χ0) is 26.1. The van der Waals surface area contributed by atoms with Crippen LogP contribution in [0.3, 0.4) is 0 Å². The van der Waals surface area contributed by atoms with Crippen molar-refractivity contribution in [1.29, 1.82) is 0 Å². The van der Waals surface area contributed by atoms with Crippen LogP contribution >= 0.6 is 0 Å². The van der Waals surface area contributed by atoms with E-state index in [-0.39, 0.29) is 22.9 Å². The van der Waals surface area contributed by atoms with Gasteiger partial charge in [-0.05, 0) is 75.2 Å². The highest BCUT2D eigenvalue weighted by molar-refractivity contribution is 7.93. The predicted octanol–water partition coefficient (Wildman–Crippen LogP) is 5.89. The van der Waals surface area contributed by atoms with E-state index in [1.54, 1.807) is 50.2 Å². The lowest BCUT2D eigenvalue weighted by Crippen LogP contribution is -2.32. The van der Waals surface area contributed by atoms with Crippen LogP contribution in [0.25, 0.3) is 10.8 Å². The highest BCUT2D eigenvalue weighted by Gasteiger charge is 2.29. The Morgan fingerprint density at radius 1 is 0.556 bits per heavy atom. The molecule has 0 atom stereocenters. The van der Waals surface area contributed by atoms with Gasteiger partial charge in [0, 0.05) is 23.9 Å². The van der Waals surface area contributed by atoms with Gasteiger partial charge in [0.25, 0.3) is 20.0 Å². The molecule has 36 heavy (non-hydrogen) atoms. The van der Waals surface area contributed by atoms with Gasteiger partial charge >= 0.3 is 0 Å². The van der Waals surface area contributed by atoms with Crippen LogP contribution in [0.2, 0.25) is 0 Å². The van der Waals surface area contributed by atoms with Crippen molar-refractivity contribution in [2.45, 2.75) is 37.5 Å². The Morgan fingerprint density at radius 2 is 0.917 bits per heavy atom. The summed E-state index contributed by atoms with van der Waals surface area (Å²) in [5.41, 5.74) is 3.02. The molecule has 0 aliphatic rings. The van der Waals surface area contributed by atoms with Crippen molar-refractivity contribution in [1.82, 2.24) is 0 Å². The van der Waals surface area contributed by atoms with Crippen molar-refractivity contribution in [3.8, 4) is 0 Å². The Balaban J connectivity index is 1.90. The molecule has 0 spiro atoms. The fourth-order valence-electron chi connectivity index (χ4n) is 4.49. The Labute approximate surface area is 213 Å². The van der Waals surface area contributed by atoms with E-state index in [0.717, 1.165) is 11.1 Å². The predicted molar refractivity (Wildman–Crippen MR) is 147 cm³/mol. The molecule has 4 aromatic rings. The minimum atomic E-state index is -3.97. The molecule has 188 valence electrons. The van der Waals surface area contributed by atoms with Gasteiger partial charge in [0.05, 0.1) is 21.2 Å². The molecule has 0 fully saturated rings. The fourth-order valence-corrected chi connectivity index (χ4v) is 7.84. The van der Waals surface area contributed by atoms with Gasteiger partial charge in [0.1, 0.15) is 0 Å². The number of hydrogen-bond donors (Lipinski definition) is 0. The molecule has 0 unspecified atom stereocenters. The monoisotopic (exact) mass is 522 g/mol. The van der Waals surface area contributed by atoms with E-state index in [9.17, 15) is 16.8 Å². The first-order valence-corrected chi connectivity index (χ1v) is 14.7. The number of aryl methyl sites for hydroxylation is 2. The largest absolute Gasteiger partial charge is 0.267 e. The molecule has 0 aromatic heterocycles. The van der Waals surface area contributed by atoms with Crippen LogP contribution in [0.15, 0.2) is 94.7 Å². The zero-order valence-electron chi connectivity index (χ0n) is 20.8. The van der Waals surface area contributed by atoms with E-state index in [4.69, 9.17) is 0 Å². The quantitative estimate of drug-likeness (QED) is 0.289. The summed E-state index contributed by atoms with van der Waals surface area (Å²) >= 11 is 0. The van der Waals surface area contributed by atoms with Crippen LogP contribution in [0.5, 0.6) is 0 Å². The third kappa shape index (κ3) is 4.58. The van der Waals surface area contributed by atoms with Crippen LogP contribution < -0.4 is 8.61 Å². The van der Waals surface area contributed by atoms with E-state index in [2.05, 4.69) is 0 Å². The molecule has 0 aliphatic heterocycles. The van der Waals surface area contributed by atoms with Gasteiger partial charge in [-0.1, -0.05) is 48.5 Å². The Kier molecular flexibility index (Phi) is 7.11. The second kappa shape index (κ2) is 9.95. The van der Waals surface area contributed by atoms with Gasteiger partial charge in [-0.15, -0.1) is 0 Å². The second-order valence-corrected chi connectivity index (χ2v) is 12.3. The fraction of sp³-hybridized carbons (Fsp3) is 0.214. The third-order valence-corrected chi connectivity index (χ3v) is 10.1. The summed E-state index contributed by atoms with van der Waals surface area (Å²) in [4.78, 5) is 0.137. The van der Waals surface area contributed by atoms with Crippen molar-refractivity contribution in [2.24, 2.45) is 0 Å². The highest BCUT2D eigenvalue weighted by Crippen LogP contribution is 2.34. The van der Waals surface area contributed by atoms with E-state index < -0.39 is 20.0 Å². The lowest BCUT2D eigenvalue weighted by atomic mass is 10.1. The molecule has 4 rings (SSSR count). The molecule has 0 saturated heterocycles. The molecule has 0 bridgehead atoms. The number of benzene rings is 4. The standard InChI is InChI=1S/C28H30N2O4S2/c1-5-29(23-13-7-11-21(3)19-23)35(31,32)27-17-9-16-26-25(27)15-10-18-28(26)36(33,34)30(6-2)24-14-8-12-22(4)20-24/h7-20H,5-6H2,1-4H3. The number of nitrogens with zero attached hydrogens (tertiary/aromatic N) is 2. The van der Waals surface area contributed by atoms with E-state index in [0.29, 0.717) is 22.1 Å². The van der Waals surface area contributed by atoms with Crippen LogP contribution in [0.1, 0.15) is 25.0 Å². The maximum atomic E-state index is 13.9. The molecule has 0 aliphatic carbocycles. The highest BCUT2D eigenvalue weighted by atomic mass is 32.2. The normalized spacial score (nSPS) is 12.0. The Hall–Kier alpha value is -3.36. The van der Waals surface area contributed by atoms with E-state index in [1.165, 1.54) is 20.7 Å². The molecule has 0 N–H and O–H groups in total. The molecule has 0 saturated carbocycles. The first-order chi connectivity index (χ1) is 17.1. The Morgan fingerprint density at radius 3 is 1.25 bits per heavy atom. The van der Waals surface area contributed by atoms with Crippen LogP contribution in [-0.4, -0.2) is 29.9 Å². The number of anilines is 2. The SMILES string of the molecule is CCN(c1cccc(C)c1)S(=O)(=O)c1cccc2c(S(=O)(=O)N(CC)c3cccc(C)c3)cccc12. The van der Waals surface area contributed by atoms with Crippen molar-refractivity contribution in [2.75, 3.05) is 21.7 Å². The summed E-state index contributed by atoms with van der Waals surface area (Å²) in [5.74, 6) is 0. The molecule has 4 aromatic carbocycles. The van der Waals surface area contributed by atoms with Crippen molar-refractivity contribution in [3.05, 3.63) is 96.1 Å². The molecular weight excluding hydrogens is 492 g/mol. The summed E-state index contributed by atoms with van der Waals surface area (Å²) < 4.78 is 58.2. The number of sulfonamides is 2. The minimum absolute atomic E-state index is 0.0685. The topological polar surface area (TPSA) is 74.8 Å². The van der Waals surface area contributed by atoms with Gasteiger partial charge in [-0.3, -0.25) is 8.61 Å². The summed E-state index contributed by atoms with van der Waals surface area (Å²) in [6.07, 6.45) is 0. The minimum Gasteiger partial charge on any atom is -0.267 e. The molecule has 0 amide bonds. The third-order valence-electron chi connectivity index (χ3n) is 6.13. The van der Waals surface area contributed by atoms with Crippen molar-refractivity contribution in [3.63, 3.8) is 0 Å². The summed E-state index contributed by atoms with van der Waals surface area (Å²) in [7, 11) is -7.94. The van der Waals surface area contributed by atoms with Gasteiger partial charge in [-0.25, -0.2) is 16.8 Å². The van der Waals surface area contributed by atoms with Crippen LogP contribution in [0.4, 0.5) is 11.4 Å². The lowest BCUT2D eigenvalue weighted by molar-refractivity contribution is 0.590. The van der Waals surface area contributed by atoms with E-state index in [1.807, 2.05) is 50.2 Å². The number of rotatable bonds is 8. The van der Waals surface area contributed by atoms with Gasteiger partial charge < -0.3 is 0 Å². The summed E-state index contributed by atoms with van der Waals surface area (Å²) in [6, 6.07) is 24.2. The zero-order valence-corrected chi connectivity index (χ0v) is 22.5. The van der Waals surface area contributed by atoms with E-state index >= 15 is 0 Å². The molecule has 6 nitrogen and oxygen atoms in total. The Bertz CT molecular complexity index is 1510. The summed E-state index contributed by atoms with van der Waals surface area (Å²) in [5, 5.41) is 0.731. The van der Waals surface area contributed by atoms with Gasteiger partial charge in [-0.2, -0.15) is 0 Å². The average molecular weight is 523 g/mol. The van der Waals surface area contributed by atoms with Crippen molar-refractivity contribution >= 4 is 42.2 Å². The lowest BCUT2D eigenvalue weighted by Gasteiger charge is -2.26. The first kappa shape index (κ1) is 25.7. The van der Waals surface area contributed by atoms with Crippen LogP contribution in [-0.2, 0) is 20.0 Å². The molecular formula is C28H30N2O4S2. The average Bonchev–Trinajstić information content (AvgIpc) is 2.84. The van der Waals surface area contributed by atoms with Gasteiger partial charge in [0.15, 0.2) is 0 Å². The maximum Gasteiger partial charge on any atom is 0.264 e. The molecule has 8 heteroatoms. The van der Waals surface area contributed by atoms with Crippen LogP contribution in [0, 0.1) is 13.8 Å². The first-order valence-electron chi connectivity index (χ1n) is 11.8. The van der Waals surface area contributed by atoms with Crippen molar-refractivity contribution < 1.29 is 16.8 Å². The van der Waals surface area contributed by atoms with Gasteiger partial charge in [0.2, 0.25) is 0 Å². The number of hydrogen-bond acceptors (Lipinski definition) is 4. The summed E-state index contributed by atoms with van der Waals surface area (Å²) in [6.45, 7) is 7.84.